The second kappa shape index (κ2) is 5.46. The third-order valence-corrected chi connectivity index (χ3v) is 3.33. The number of hydrogen-bond acceptors (Lipinski definition) is 2. The first-order chi connectivity index (χ1) is 7.66. The summed E-state index contributed by atoms with van der Waals surface area (Å²) in [6.45, 7) is 1.52. The van der Waals surface area contributed by atoms with Gasteiger partial charge in [-0.2, -0.15) is 0 Å². The average Bonchev–Trinajstić information content (AvgIpc) is 2.25. The third-order valence-electron chi connectivity index (χ3n) is 2.52. The summed E-state index contributed by atoms with van der Waals surface area (Å²) in [6, 6.07) is 3.63. The molecule has 0 aromatic heterocycles. The normalized spacial score (nSPS) is 20.8. The number of rotatable bonds is 2. The first-order valence-electron chi connectivity index (χ1n) is 5.15. The second-order valence-electron chi connectivity index (χ2n) is 3.80. The minimum atomic E-state index is 0.268. The van der Waals surface area contributed by atoms with Crippen LogP contribution in [0.4, 0.5) is 5.69 Å². The predicted molar refractivity (Wildman–Crippen MR) is 68.9 cm³/mol. The minimum Gasteiger partial charge on any atom is -0.379 e. The summed E-state index contributed by atoms with van der Waals surface area (Å²) >= 11 is 18.0. The van der Waals surface area contributed by atoms with Gasteiger partial charge in [0, 0.05) is 17.7 Å². The van der Waals surface area contributed by atoms with Crippen molar-refractivity contribution in [2.75, 3.05) is 18.5 Å². The Balaban J connectivity index is 2.14. The highest BCUT2D eigenvalue weighted by molar-refractivity contribution is 6.41. The lowest BCUT2D eigenvalue weighted by atomic mass is 10.1. The Hall–Kier alpha value is -0.150. The highest BCUT2D eigenvalue weighted by atomic mass is 35.5. The van der Waals surface area contributed by atoms with Crippen LogP contribution in [0.15, 0.2) is 12.1 Å². The minimum absolute atomic E-state index is 0.268. The molecular formula is C11H12Cl3NO. The van der Waals surface area contributed by atoms with Crippen molar-refractivity contribution in [1.29, 1.82) is 0 Å². The fourth-order valence-electron chi connectivity index (χ4n) is 1.74. The molecule has 1 heterocycles. The lowest BCUT2D eigenvalue weighted by molar-refractivity contribution is 0.0876. The molecule has 0 aliphatic carbocycles. The van der Waals surface area contributed by atoms with Crippen LogP contribution in [0.5, 0.6) is 0 Å². The molecular weight excluding hydrogens is 268 g/mol. The van der Waals surface area contributed by atoms with Crippen LogP contribution in [0.3, 0.4) is 0 Å². The standard InChI is InChI=1S/C11H12Cl3NO/c12-7-4-9(13)11(10(14)5-7)15-8-2-1-3-16-6-8/h4-5,8,15H,1-3,6H2. The van der Waals surface area contributed by atoms with Gasteiger partial charge in [0.25, 0.3) is 0 Å². The molecule has 0 saturated carbocycles. The van der Waals surface area contributed by atoms with Gasteiger partial charge in [-0.3, -0.25) is 0 Å². The number of benzene rings is 1. The van der Waals surface area contributed by atoms with Gasteiger partial charge >= 0.3 is 0 Å². The van der Waals surface area contributed by atoms with E-state index in [0.717, 1.165) is 25.1 Å². The molecule has 1 aliphatic heterocycles. The third kappa shape index (κ3) is 2.95. The van der Waals surface area contributed by atoms with Crippen molar-refractivity contribution in [1.82, 2.24) is 0 Å². The van der Waals surface area contributed by atoms with Gasteiger partial charge in [-0.25, -0.2) is 0 Å². The number of anilines is 1. The van der Waals surface area contributed by atoms with Crippen molar-refractivity contribution in [2.24, 2.45) is 0 Å². The van der Waals surface area contributed by atoms with Crippen LogP contribution in [0.1, 0.15) is 12.8 Å². The molecule has 1 N–H and O–H groups in total. The zero-order valence-corrected chi connectivity index (χ0v) is 10.9. The van der Waals surface area contributed by atoms with Crippen molar-refractivity contribution < 1.29 is 4.74 Å². The van der Waals surface area contributed by atoms with Gasteiger partial charge < -0.3 is 10.1 Å². The molecule has 2 rings (SSSR count). The number of halogens is 3. The van der Waals surface area contributed by atoms with Crippen molar-refractivity contribution >= 4 is 40.5 Å². The monoisotopic (exact) mass is 279 g/mol. The van der Waals surface area contributed by atoms with Crippen molar-refractivity contribution in [3.05, 3.63) is 27.2 Å². The molecule has 1 aromatic carbocycles. The van der Waals surface area contributed by atoms with Gasteiger partial charge in [-0.05, 0) is 25.0 Å². The summed E-state index contributed by atoms with van der Waals surface area (Å²) in [5.74, 6) is 0. The Morgan fingerprint density at radius 3 is 2.44 bits per heavy atom. The van der Waals surface area contributed by atoms with E-state index in [1.165, 1.54) is 0 Å². The lowest BCUT2D eigenvalue weighted by Gasteiger charge is -2.25. The summed E-state index contributed by atoms with van der Waals surface area (Å²) in [4.78, 5) is 0. The molecule has 2 nitrogen and oxygen atoms in total. The number of nitrogens with one attached hydrogen (secondary N) is 1. The van der Waals surface area contributed by atoms with Gasteiger partial charge in [0.1, 0.15) is 0 Å². The fourth-order valence-corrected chi connectivity index (χ4v) is 2.66. The predicted octanol–water partition coefficient (Wildman–Crippen LogP) is 4.24. The Kier molecular flexibility index (Phi) is 4.20. The van der Waals surface area contributed by atoms with Crippen LogP contribution in [-0.2, 0) is 4.74 Å². The van der Waals surface area contributed by atoms with E-state index in [-0.39, 0.29) is 6.04 Å². The van der Waals surface area contributed by atoms with Crippen LogP contribution in [-0.4, -0.2) is 19.3 Å². The summed E-state index contributed by atoms with van der Waals surface area (Å²) in [6.07, 6.45) is 2.12. The molecule has 1 unspecified atom stereocenters. The summed E-state index contributed by atoms with van der Waals surface area (Å²) in [5, 5.41) is 4.93. The van der Waals surface area contributed by atoms with E-state index in [0.29, 0.717) is 21.7 Å². The topological polar surface area (TPSA) is 21.3 Å². The maximum Gasteiger partial charge on any atom is 0.0722 e. The number of hydrogen-bond donors (Lipinski definition) is 1. The Morgan fingerprint density at radius 2 is 1.88 bits per heavy atom. The smallest absolute Gasteiger partial charge is 0.0722 e. The Labute approximate surface area is 110 Å². The zero-order chi connectivity index (χ0) is 11.5. The van der Waals surface area contributed by atoms with Gasteiger partial charge in [-0.1, -0.05) is 34.8 Å². The van der Waals surface area contributed by atoms with Crippen LogP contribution in [0, 0.1) is 0 Å². The highest BCUT2D eigenvalue weighted by Gasteiger charge is 2.16. The van der Waals surface area contributed by atoms with Gasteiger partial charge in [0.15, 0.2) is 0 Å². The molecule has 1 saturated heterocycles. The van der Waals surface area contributed by atoms with E-state index in [2.05, 4.69) is 5.32 Å². The van der Waals surface area contributed by atoms with E-state index >= 15 is 0 Å². The van der Waals surface area contributed by atoms with Crippen LogP contribution >= 0.6 is 34.8 Å². The summed E-state index contributed by atoms with van der Waals surface area (Å²) in [7, 11) is 0. The molecule has 1 aliphatic rings. The maximum absolute atomic E-state index is 6.08. The SMILES string of the molecule is Clc1cc(Cl)c(NC2CCCOC2)c(Cl)c1. The fraction of sp³-hybridized carbons (Fsp3) is 0.455. The van der Waals surface area contributed by atoms with Crippen molar-refractivity contribution in [3.63, 3.8) is 0 Å². The van der Waals surface area contributed by atoms with Crippen molar-refractivity contribution in [2.45, 2.75) is 18.9 Å². The lowest BCUT2D eigenvalue weighted by Crippen LogP contribution is -2.30. The van der Waals surface area contributed by atoms with Crippen LogP contribution in [0.25, 0.3) is 0 Å². The zero-order valence-electron chi connectivity index (χ0n) is 8.60. The summed E-state index contributed by atoms with van der Waals surface area (Å²) in [5.41, 5.74) is 0.739. The average molecular weight is 281 g/mol. The van der Waals surface area contributed by atoms with Gasteiger partial charge in [-0.15, -0.1) is 0 Å². The maximum atomic E-state index is 6.08. The molecule has 5 heteroatoms. The molecule has 1 aromatic rings. The molecule has 16 heavy (non-hydrogen) atoms. The quantitative estimate of drug-likeness (QED) is 0.875. The highest BCUT2D eigenvalue weighted by Crippen LogP contribution is 2.34. The first kappa shape index (κ1) is 12.3. The van der Waals surface area contributed by atoms with Crippen molar-refractivity contribution in [3.8, 4) is 0 Å². The van der Waals surface area contributed by atoms with E-state index < -0.39 is 0 Å². The second-order valence-corrected chi connectivity index (χ2v) is 5.05. The molecule has 0 amide bonds. The number of ether oxygens (including phenoxy) is 1. The van der Waals surface area contributed by atoms with Crippen LogP contribution in [0.2, 0.25) is 15.1 Å². The molecule has 0 radical (unpaired) electrons. The van der Waals surface area contributed by atoms with E-state index in [9.17, 15) is 0 Å². The van der Waals surface area contributed by atoms with Gasteiger partial charge in [0.05, 0.1) is 22.3 Å². The summed E-state index contributed by atoms with van der Waals surface area (Å²) < 4.78 is 5.38. The molecule has 0 spiro atoms. The van der Waals surface area contributed by atoms with Gasteiger partial charge in [0.2, 0.25) is 0 Å². The van der Waals surface area contributed by atoms with E-state index in [1.807, 2.05) is 0 Å². The van der Waals surface area contributed by atoms with Crippen LogP contribution < -0.4 is 5.32 Å². The Morgan fingerprint density at radius 1 is 1.19 bits per heavy atom. The molecule has 0 bridgehead atoms. The first-order valence-corrected chi connectivity index (χ1v) is 6.29. The van der Waals surface area contributed by atoms with E-state index in [4.69, 9.17) is 39.5 Å². The van der Waals surface area contributed by atoms with E-state index in [1.54, 1.807) is 12.1 Å². The largest absolute Gasteiger partial charge is 0.379 e. The molecule has 1 fully saturated rings. The molecule has 1 atom stereocenters. The molecule has 88 valence electrons. The Bertz CT molecular complexity index is 354.